The van der Waals surface area contributed by atoms with Crippen LogP contribution in [-0.2, 0) is 11.2 Å². The van der Waals surface area contributed by atoms with Gasteiger partial charge in [0.2, 0.25) is 0 Å². The first-order chi connectivity index (χ1) is 14.1. The van der Waals surface area contributed by atoms with E-state index < -0.39 is 5.60 Å². The number of halogens is 1. The smallest absolute Gasteiger partial charge is 0.410 e. The van der Waals surface area contributed by atoms with E-state index in [1.165, 1.54) is 5.56 Å². The summed E-state index contributed by atoms with van der Waals surface area (Å²) in [5.74, 6) is 0. The minimum absolute atomic E-state index is 0.164. The lowest BCUT2D eigenvalue weighted by Crippen LogP contribution is -2.47. The maximum atomic E-state index is 12.7. The first-order valence-corrected chi connectivity index (χ1v) is 11.1. The Morgan fingerprint density at radius 3 is 2.67 bits per heavy atom. The number of aryl methyl sites for hydroxylation is 1. The number of anilines is 2. The molecule has 0 saturated carbocycles. The molecule has 4 nitrogen and oxygen atoms in total. The number of hydrogen-bond donors (Lipinski definition) is 0. The highest BCUT2D eigenvalue weighted by molar-refractivity contribution is 6.33. The topological polar surface area (TPSA) is 32.8 Å². The van der Waals surface area contributed by atoms with E-state index in [1.807, 2.05) is 45.7 Å². The van der Waals surface area contributed by atoms with Gasteiger partial charge in [-0.05, 0) is 88.8 Å². The van der Waals surface area contributed by atoms with Gasteiger partial charge in [-0.25, -0.2) is 4.79 Å². The molecule has 162 valence electrons. The molecule has 3 rings (SSSR count). The van der Waals surface area contributed by atoms with Crippen molar-refractivity contribution in [2.45, 2.75) is 65.0 Å². The summed E-state index contributed by atoms with van der Waals surface area (Å²) in [6, 6.07) is 14.8. The Morgan fingerprint density at radius 1 is 1.20 bits per heavy atom. The summed E-state index contributed by atoms with van der Waals surface area (Å²) in [6.45, 7) is 8.55. The molecule has 1 unspecified atom stereocenters. The molecule has 5 heteroatoms. The zero-order valence-electron chi connectivity index (χ0n) is 18.7. The number of ether oxygens (including phenoxy) is 1. The van der Waals surface area contributed by atoms with Crippen molar-refractivity contribution in [2.24, 2.45) is 0 Å². The highest BCUT2D eigenvalue weighted by Gasteiger charge is 2.30. The van der Waals surface area contributed by atoms with Gasteiger partial charge >= 0.3 is 6.09 Å². The molecule has 1 heterocycles. The monoisotopic (exact) mass is 428 g/mol. The van der Waals surface area contributed by atoms with Gasteiger partial charge in [-0.1, -0.05) is 29.8 Å². The van der Waals surface area contributed by atoms with Crippen LogP contribution in [0.2, 0.25) is 5.02 Å². The summed E-state index contributed by atoms with van der Waals surface area (Å²) in [6.07, 6.45) is 3.80. The summed E-state index contributed by atoms with van der Waals surface area (Å²) < 4.78 is 5.65. The molecule has 1 amide bonds. The lowest BCUT2D eigenvalue weighted by Gasteiger charge is -2.37. The molecule has 1 saturated heterocycles. The molecule has 0 aromatic heterocycles. The number of benzene rings is 2. The number of hydrogen-bond acceptors (Lipinski definition) is 3. The third-order valence-electron chi connectivity index (χ3n) is 5.49. The van der Waals surface area contributed by atoms with Crippen molar-refractivity contribution in [3.63, 3.8) is 0 Å². The molecule has 0 aliphatic carbocycles. The fraction of sp³-hybridized carbons (Fsp3) is 0.480. The second-order valence-electron chi connectivity index (χ2n) is 9.21. The predicted molar refractivity (Wildman–Crippen MR) is 125 cm³/mol. The molecule has 0 spiro atoms. The van der Waals surface area contributed by atoms with Crippen LogP contribution in [0.3, 0.4) is 0 Å². The summed E-state index contributed by atoms with van der Waals surface area (Å²) in [7, 11) is 2.03. The number of likely N-dealkylation sites (tertiary alicyclic amines) is 1. The number of amides is 1. The summed E-state index contributed by atoms with van der Waals surface area (Å²) in [4.78, 5) is 16.7. The van der Waals surface area contributed by atoms with Crippen molar-refractivity contribution in [3.8, 4) is 0 Å². The molecule has 30 heavy (non-hydrogen) atoms. The molecule has 0 N–H and O–H groups in total. The van der Waals surface area contributed by atoms with Crippen molar-refractivity contribution < 1.29 is 9.53 Å². The van der Waals surface area contributed by atoms with E-state index in [1.54, 1.807) is 0 Å². The van der Waals surface area contributed by atoms with E-state index in [4.69, 9.17) is 16.3 Å². The van der Waals surface area contributed by atoms with E-state index in [-0.39, 0.29) is 12.1 Å². The van der Waals surface area contributed by atoms with Crippen LogP contribution in [0.1, 0.15) is 51.2 Å². The highest BCUT2D eigenvalue weighted by Crippen LogP contribution is 2.32. The molecule has 1 aliphatic heterocycles. The fourth-order valence-electron chi connectivity index (χ4n) is 3.96. The molecule has 1 atom stereocenters. The van der Waals surface area contributed by atoms with Crippen LogP contribution in [0.25, 0.3) is 0 Å². The second-order valence-corrected chi connectivity index (χ2v) is 9.62. The standard InChI is InChI=1S/C25H33ClN2O2/c1-18-12-13-23(22(26)15-18)27(5)20-11-8-9-19(16-20)17-21-10-6-7-14-28(21)24(29)30-25(2,3)4/h8-9,11-13,15-16,21H,6-7,10,14,17H2,1-5H3. The molecule has 1 aliphatic rings. The summed E-state index contributed by atoms with van der Waals surface area (Å²) >= 11 is 6.48. The average molecular weight is 429 g/mol. The average Bonchev–Trinajstić information content (AvgIpc) is 2.67. The minimum Gasteiger partial charge on any atom is -0.444 e. The Balaban J connectivity index is 1.77. The van der Waals surface area contributed by atoms with Crippen LogP contribution >= 0.6 is 11.6 Å². The number of rotatable bonds is 4. The quantitative estimate of drug-likeness (QED) is 0.540. The molecule has 2 aromatic rings. The van der Waals surface area contributed by atoms with Crippen LogP contribution in [0.5, 0.6) is 0 Å². The molecular weight excluding hydrogens is 396 g/mol. The third kappa shape index (κ3) is 5.69. The Hall–Kier alpha value is -2.20. The third-order valence-corrected chi connectivity index (χ3v) is 5.79. The Morgan fingerprint density at radius 2 is 1.97 bits per heavy atom. The van der Waals surface area contributed by atoms with Gasteiger partial charge in [-0.15, -0.1) is 0 Å². The SMILES string of the molecule is Cc1ccc(N(C)c2cccc(CC3CCCCN3C(=O)OC(C)(C)C)c2)c(Cl)c1. The van der Waals surface area contributed by atoms with Gasteiger partial charge in [-0.3, -0.25) is 0 Å². The Bertz CT molecular complexity index is 891. The zero-order chi connectivity index (χ0) is 21.9. The molecule has 1 fully saturated rings. The number of carbonyl (C=O) groups excluding carboxylic acids is 1. The Kier molecular flexibility index (Phi) is 6.97. The van der Waals surface area contributed by atoms with Crippen molar-refractivity contribution in [1.29, 1.82) is 0 Å². The van der Waals surface area contributed by atoms with Crippen LogP contribution in [-0.4, -0.2) is 36.2 Å². The first-order valence-electron chi connectivity index (χ1n) is 10.7. The van der Waals surface area contributed by atoms with Crippen molar-refractivity contribution >= 4 is 29.1 Å². The first kappa shape index (κ1) is 22.5. The van der Waals surface area contributed by atoms with Gasteiger partial charge in [0.25, 0.3) is 0 Å². The number of piperidine rings is 1. The zero-order valence-corrected chi connectivity index (χ0v) is 19.5. The lowest BCUT2D eigenvalue weighted by atomic mass is 9.95. The van der Waals surface area contributed by atoms with Gasteiger partial charge in [-0.2, -0.15) is 0 Å². The van der Waals surface area contributed by atoms with Crippen molar-refractivity contribution in [2.75, 3.05) is 18.5 Å². The van der Waals surface area contributed by atoms with Crippen LogP contribution in [0.4, 0.5) is 16.2 Å². The van der Waals surface area contributed by atoms with Crippen LogP contribution < -0.4 is 4.90 Å². The fourth-order valence-corrected chi connectivity index (χ4v) is 4.32. The van der Waals surface area contributed by atoms with Gasteiger partial charge in [0.1, 0.15) is 5.60 Å². The summed E-state index contributed by atoms with van der Waals surface area (Å²) in [5, 5.41) is 0.742. The van der Waals surface area contributed by atoms with Crippen molar-refractivity contribution in [3.05, 3.63) is 58.6 Å². The van der Waals surface area contributed by atoms with E-state index >= 15 is 0 Å². The highest BCUT2D eigenvalue weighted by atomic mass is 35.5. The predicted octanol–water partition coefficient (Wildman–Crippen LogP) is 6.75. The maximum Gasteiger partial charge on any atom is 0.410 e. The van der Waals surface area contributed by atoms with Crippen LogP contribution in [0.15, 0.2) is 42.5 Å². The molecule has 0 radical (unpaired) electrons. The molecule has 0 bridgehead atoms. The largest absolute Gasteiger partial charge is 0.444 e. The van der Waals surface area contributed by atoms with E-state index in [0.29, 0.717) is 0 Å². The van der Waals surface area contributed by atoms with Crippen molar-refractivity contribution in [1.82, 2.24) is 4.90 Å². The maximum absolute atomic E-state index is 12.7. The van der Waals surface area contributed by atoms with Gasteiger partial charge in [0, 0.05) is 25.3 Å². The number of carbonyl (C=O) groups is 1. The lowest BCUT2D eigenvalue weighted by molar-refractivity contribution is 0.00995. The summed E-state index contributed by atoms with van der Waals surface area (Å²) in [5.41, 5.74) is 3.94. The number of nitrogens with zero attached hydrogens (tertiary/aromatic N) is 2. The Labute approximate surface area is 185 Å². The minimum atomic E-state index is -0.477. The normalized spacial score (nSPS) is 17.0. The molecular formula is C25H33ClN2O2. The second kappa shape index (κ2) is 9.30. The van der Waals surface area contributed by atoms with Gasteiger partial charge < -0.3 is 14.5 Å². The van der Waals surface area contributed by atoms with E-state index in [0.717, 1.165) is 54.2 Å². The van der Waals surface area contributed by atoms with Gasteiger partial charge in [0.05, 0.1) is 10.7 Å². The van der Waals surface area contributed by atoms with Gasteiger partial charge in [0.15, 0.2) is 0 Å². The van der Waals surface area contributed by atoms with Crippen LogP contribution in [0, 0.1) is 6.92 Å². The van der Waals surface area contributed by atoms with E-state index in [9.17, 15) is 4.79 Å². The molecule has 2 aromatic carbocycles. The van der Waals surface area contributed by atoms with E-state index in [2.05, 4.69) is 41.3 Å².